The summed E-state index contributed by atoms with van der Waals surface area (Å²) in [7, 11) is 1.52. The molecule has 0 unspecified atom stereocenters. The first kappa shape index (κ1) is 20.9. The SMILES string of the molecule is COc1ccccc1/C=C1\SC(=O)N(CCC(=O)N2CCCC[C@H]2C(=O)O)C1=O. The van der Waals surface area contributed by atoms with E-state index in [1.165, 1.54) is 12.0 Å². The Morgan fingerprint density at radius 2 is 2.03 bits per heavy atom. The van der Waals surface area contributed by atoms with Gasteiger partial charge in [-0.1, -0.05) is 18.2 Å². The maximum Gasteiger partial charge on any atom is 0.326 e. The van der Waals surface area contributed by atoms with E-state index in [1.807, 2.05) is 0 Å². The largest absolute Gasteiger partial charge is 0.496 e. The molecular weight excluding hydrogens is 396 g/mol. The van der Waals surface area contributed by atoms with E-state index in [9.17, 15) is 24.3 Å². The number of thioether (sulfide) groups is 1. The number of carbonyl (C=O) groups excluding carboxylic acids is 3. The van der Waals surface area contributed by atoms with Crippen molar-refractivity contribution in [2.24, 2.45) is 0 Å². The van der Waals surface area contributed by atoms with Crippen molar-refractivity contribution in [3.05, 3.63) is 34.7 Å². The first-order chi connectivity index (χ1) is 13.9. The third kappa shape index (κ3) is 4.61. The van der Waals surface area contributed by atoms with Crippen molar-refractivity contribution in [2.75, 3.05) is 20.2 Å². The summed E-state index contributed by atoms with van der Waals surface area (Å²) < 4.78 is 5.26. The van der Waals surface area contributed by atoms with Gasteiger partial charge < -0.3 is 14.7 Å². The number of hydrogen-bond donors (Lipinski definition) is 1. The summed E-state index contributed by atoms with van der Waals surface area (Å²) in [5.74, 6) is -1.26. The normalized spacial score (nSPS) is 21.0. The number of piperidine rings is 1. The Kier molecular flexibility index (Phi) is 6.58. The van der Waals surface area contributed by atoms with Crippen molar-refractivity contribution in [3.63, 3.8) is 0 Å². The van der Waals surface area contributed by atoms with E-state index in [0.717, 1.165) is 29.5 Å². The standard InChI is InChI=1S/C20H22N2O6S/c1-28-15-8-3-2-6-13(15)12-16-18(24)22(20(27)29-16)11-9-17(23)21-10-5-4-7-14(21)19(25)26/h2-3,6,8,12,14H,4-5,7,9-11H2,1H3,(H,25,26)/b16-12-/t14-/m0/s1. The van der Waals surface area contributed by atoms with Crippen molar-refractivity contribution in [1.82, 2.24) is 9.80 Å². The number of carboxylic acids is 1. The maximum atomic E-state index is 12.6. The lowest BCUT2D eigenvalue weighted by Gasteiger charge is -2.33. The van der Waals surface area contributed by atoms with Crippen LogP contribution in [0.2, 0.25) is 0 Å². The molecule has 0 bridgehead atoms. The summed E-state index contributed by atoms with van der Waals surface area (Å²) >= 11 is 0.812. The van der Waals surface area contributed by atoms with E-state index in [1.54, 1.807) is 30.3 Å². The van der Waals surface area contributed by atoms with Crippen molar-refractivity contribution in [3.8, 4) is 5.75 Å². The molecule has 1 N–H and O–H groups in total. The molecule has 9 heteroatoms. The highest BCUT2D eigenvalue weighted by molar-refractivity contribution is 8.18. The predicted octanol–water partition coefficient (Wildman–Crippen LogP) is 2.59. The molecule has 2 saturated heterocycles. The summed E-state index contributed by atoms with van der Waals surface area (Å²) in [4.78, 5) is 51.4. The number of methoxy groups -OCH3 is 1. The average Bonchev–Trinajstić information content (AvgIpc) is 2.99. The zero-order valence-electron chi connectivity index (χ0n) is 16.0. The molecule has 1 aromatic carbocycles. The highest BCUT2D eigenvalue weighted by Gasteiger charge is 2.37. The smallest absolute Gasteiger partial charge is 0.326 e. The van der Waals surface area contributed by atoms with Crippen LogP contribution in [0.15, 0.2) is 29.2 Å². The van der Waals surface area contributed by atoms with E-state index >= 15 is 0 Å². The van der Waals surface area contributed by atoms with Gasteiger partial charge in [0.1, 0.15) is 11.8 Å². The number of benzene rings is 1. The van der Waals surface area contributed by atoms with Crippen LogP contribution in [0.3, 0.4) is 0 Å². The minimum Gasteiger partial charge on any atom is -0.496 e. The van der Waals surface area contributed by atoms with Crippen LogP contribution in [0.1, 0.15) is 31.2 Å². The number of carboxylic acid groups (broad SMARTS) is 1. The molecule has 8 nitrogen and oxygen atoms in total. The lowest BCUT2D eigenvalue weighted by molar-refractivity contribution is -0.152. The van der Waals surface area contributed by atoms with Gasteiger partial charge in [-0.25, -0.2) is 4.79 Å². The van der Waals surface area contributed by atoms with Crippen LogP contribution in [-0.4, -0.2) is 64.2 Å². The summed E-state index contributed by atoms with van der Waals surface area (Å²) in [6.45, 7) is 0.307. The van der Waals surface area contributed by atoms with Crippen LogP contribution in [0.25, 0.3) is 6.08 Å². The van der Waals surface area contributed by atoms with E-state index in [0.29, 0.717) is 24.3 Å². The second-order valence-electron chi connectivity index (χ2n) is 6.76. The van der Waals surface area contributed by atoms with E-state index < -0.39 is 23.2 Å². The van der Waals surface area contributed by atoms with Gasteiger partial charge in [0.05, 0.1) is 12.0 Å². The first-order valence-corrected chi connectivity index (χ1v) is 10.1. The molecule has 1 aromatic rings. The first-order valence-electron chi connectivity index (χ1n) is 9.33. The molecule has 0 radical (unpaired) electrons. The molecule has 2 aliphatic rings. The van der Waals surface area contributed by atoms with Gasteiger partial charge in [-0.2, -0.15) is 0 Å². The molecule has 1 atom stereocenters. The number of rotatable bonds is 6. The van der Waals surface area contributed by atoms with E-state index in [-0.39, 0.29) is 23.8 Å². The van der Waals surface area contributed by atoms with Crippen LogP contribution in [0, 0.1) is 0 Å². The van der Waals surface area contributed by atoms with Crippen LogP contribution in [-0.2, 0) is 14.4 Å². The number of hydrogen-bond acceptors (Lipinski definition) is 6. The van der Waals surface area contributed by atoms with Gasteiger partial charge in [0.2, 0.25) is 5.91 Å². The molecular formula is C20H22N2O6S. The fourth-order valence-corrected chi connectivity index (χ4v) is 4.31. The Morgan fingerprint density at radius 3 is 2.76 bits per heavy atom. The summed E-state index contributed by atoms with van der Waals surface area (Å²) in [5, 5.41) is 8.86. The molecule has 3 rings (SSSR count). The van der Waals surface area contributed by atoms with E-state index in [4.69, 9.17) is 4.74 Å². The Balaban J connectivity index is 1.67. The Bertz CT molecular complexity index is 868. The molecule has 0 aromatic heterocycles. The monoisotopic (exact) mass is 418 g/mol. The minimum absolute atomic E-state index is 0.0738. The van der Waals surface area contributed by atoms with Gasteiger partial charge in [0, 0.05) is 25.1 Å². The maximum absolute atomic E-state index is 12.6. The zero-order valence-corrected chi connectivity index (χ0v) is 16.8. The van der Waals surface area contributed by atoms with Crippen molar-refractivity contribution in [2.45, 2.75) is 31.7 Å². The third-order valence-corrected chi connectivity index (χ3v) is 5.86. The second-order valence-corrected chi connectivity index (χ2v) is 7.76. The number of nitrogens with zero attached hydrogens (tertiary/aromatic N) is 2. The predicted molar refractivity (Wildman–Crippen MR) is 107 cm³/mol. The Labute approximate surface area is 172 Å². The average molecular weight is 418 g/mol. The van der Waals surface area contributed by atoms with Gasteiger partial charge >= 0.3 is 5.97 Å². The van der Waals surface area contributed by atoms with E-state index in [2.05, 4.69) is 0 Å². The number of amides is 3. The number of ether oxygens (including phenoxy) is 1. The van der Waals surface area contributed by atoms with Crippen LogP contribution < -0.4 is 4.74 Å². The fraction of sp³-hybridized carbons (Fsp3) is 0.400. The highest BCUT2D eigenvalue weighted by atomic mass is 32.2. The quantitative estimate of drug-likeness (QED) is 0.708. The Hall–Kier alpha value is -2.81. The molecule has 0 spiro atoms. The van der Waals surface area contributed by atoms with Gasteiger partial charge in [0.15, 0.2) is 0 Å². The van der Waals surface area contributed by atoms with Crippen molar-refractivity contribution in [1.29, 1.82) is 0 Å². The fourth-order valence-electron chi connectivity index (χ4n) is 3.46. The number of imide groups is 1. The summed E-state index contributed by atoms with van der Waals surface area (Å²) in [6.07, 6.45) is 3.43. The van der Waals surface area contributed by atoms with Gasteiger partial charge in [-0.3, -0.25) is 19.3 Å². The van der Waals surface area contributed by atoms with Crippen molar-refractivity contribution < 1.29 is 29.0 Å². The van der Waals surface area contributed by atoms with Crippen LogP contribution >= 0.6 is 11.8 Å². The Morgan fingerprint density at radius 1 is 1.28 bits per heavy atom. The molecule has 0 saturated carbocycles. The number of likely N-dealkylation sites (tertiary alicyclic amines) is 1. The number of para-hydroxylation sites is 1. The lowest BCUT2D eigenvalue weighted by Crippen LogP contribution is -2.48. The highest BCUT2D eigenvalue weighted by Crippen LogP contribution is 2.34. The number of carbonyl (C=O) groups is 4. The van der Waals surface area contributed by atoms with Gasteiger partial charge in [0.25, 0.3) is 11.1 Å². The van der Waals surface area contributed by atoms with Crippen LogP contribution in [0.4, 0.5) is 4.79 Å². The van der Waals surface area contributed by atoms with Crippen molar-refractivity contribution >= 4 is 40.9 Å². The molecule has 0 aliphatic carbocycles. The summed E-state index contributed by atoms with van der Waals surface area (Å²) in [6, 6.07) is 6.30. The molecule has 2 fully saturated rings. The molecule has 154 valence electrons. The zero-order chi connectivity index (χ0) is 21.0. The second kappa shape index (κ2) is 9.13. The minimum atomic E-state index is -1.02. The lowest BCUT2D eigenvalue weighted by atomic mass is 10.0. The molecule has 2 aliphatic heterocycles. The molecule has 3 amide bonds. The third-order valence-electron chi connectivity index (χ3n) is 4.96. The molecule has 2 heterocycles. The van der Waals surface area contributed by atoms with Gasteiger partial charge in [-0.15, -0.1) is 0 Å². The molecule has 29 heavy (non-hydrogen) atoms. The summed E-state index contributed by atoms with van der Waals surface area (Å²) in [5.41, 5.74) is 0.675. The number of aliphatic carboxylic acids is 1. The topological polar surface area (TPSA) is 104 Å². The van der Waals surface area contributed by atoms with Gasteiger partial charge in [-0.05, 0) is 43.2 Å². The van der Waals surface area contributed by atoms with Crippen LogP contribution in [0.5, 0.6) is 5.75 Å².